The lowest BCUT2D eigenvalue weighted by molar-refractivity contribution is -0.137. The molecule has 3 heterocycles. The maximum Gasteiger partial charge on any atom is 0.416 e. The van der Waals surface area contributed by atoms with Gasteiger partial charge >= 0.3 is 6.18 Å². The van der Waals surface area contributed by atoms with Gasteiger partial charge in [-0.2, -0.15) is 18.3 Å². The number of nitrogens with one attached hydrogen (secondary N) is 1. The van der Waals surface area contributed by atoms with Crippen LogP contribution in [0.25, 0.3) is 5.69 Å². The first-order valence-corrected chi connectivity index (χ1v) is 10.1. The van der Waals surface area contributed by atoms with E-state index in [1.807, 2.05) is 4.90 Å². The van der Waals surface area contributed by atoms with Gasteiger partial charge in [0.25, 0.3) is 5.91 Å². The minimum Gasteiger partial charge on any atom is -0.456 e. The molecule has 2 amide bonds. The Morgan fingerprint density at radius 3 is 2.48 bits per heavy atom. The lowest BCUT2D eigenvalue weighted by Crippen LogP contribution is -2.50. The molecule has 33 heavy (non-hydrogen) atoms. The molecule has 174 valence electrons. The Hall–Kier alpha value is -3.67. The monoisotopic (exact) mass is 462 g/mol. The number of hydrogen-bond donors (Lipinski definition) is 1. The average molecular weight is 462 g/mol. The van der Waals surface area contributed by atoms with Gasteiger partial charge < -0.3 is 14.6 Å². The van der Waals surface area contributed by atoms with Crippen molar-refractivity contribution in [2.45, 2.75) is 13.1 Å². The smallest absolute Gasteiger partial charge is 0.416 e. The predicted octanol–water partition coefficient (Wildman–Crippen LogP) is 2.58. The summed E-state index contributed by atoms with van der Waals surface area (Å²) in [6.45, 7) is 3.41. The molecule has 1 N–H and O–H groups in total. The molecule has 1 aromatic carbocycles. The first kappa shape index (κ1) is 22.5. The predicted molar refractivity (Wildman–Crippen MR) is 111 cm³/mol. The second-order valence-electron chi connectivity index (χ2n) is 7.60. The number of aryl methyl sites for hydroxylation is 1. The zero-order valence-corrected chi connectivity index (χ0v) is 17.7. The Kier molecular flexibility index (Phi) is 6.18. The van der Waals surface area contributed by atoms with E-state index in [0.29, 0.717) is 31.9 Å². The van der Waals surface area contributed by atoms with Crippen LogP contribution in [0.4, 0.5) is 18.9 Å². The van der Waals surface area contributed by atoms with Crippen molar-refractivity contribution in [1.82, 2.24) is 24.6 Å². The second kappa shape index (κ2) is 9.06. The summed E-state index contributed by atoms with van der Waals surface area (Å²) >= 11 is 0. The summed E-state index contributed by atoms with van der Waals surface area (Å²) in [5, 5.41) is 6.49. The second-order valence-corrected chi connectivity index (χ2v) is 7.60. The van der Waals surface area contributed by atoms with E-state index in [0.717, 1.165) is 12.1 Å². The molecule has 2 aromatic heterocycles. The number of piperazine rings is 1. The summed E-state index contributed by atoms with van der Waals surface area (Å²) in [5.74, 6) is 0.225. The van der Waals surface area contributed by atoms with Crippen LogP contribution in [0.2, 0.25) is 0 Å². The number of anilines is 1. The number of halogens is 3. The van der Waals surface area contributed by atoms with E-state index in [1.54, 1.807) is 24.0 Å². The maximum atomic E-state index is 13.2. The first-order valence-electron chi connectivity index (χ1n) is 10.1. The average Bonchev–Trinajstić information content (AvgIpc) is 3.45. The number of aromatic nitrogens is 3. The van der Waals surface area contributed by atoms with E-state index in [-0.39, 0.29) is 29.6 Å². The highest BCUT2D eigenvalue weighted by Gasteiger charge is 2.32. The summed E-state index contributed by atoms with van der Waals surface area (Å²) in [4.78, 5) is 32.4. The molecule has 1 aliphatic rings. The lowest BCUT2D eigenvalue weighted by atomic mass is 10.1. The van der Waals surface area contributed by atoms with Crippen molar-refractivity contribution in [2.24, 2.45) is 0 Å². The number of alkyl halides is 3. The standard InChI is InChI=1S/C21H21F3N6O3/c1-14-2-5-18(33-14)20(32)29-8-6-28(7-9-29)11-19(31)27-16-10-15(21(22,23)24)3-4-17(16)30-13-25-12-26-30/h2-5,10,12-13H,6-9,11H2,1H3,(H,27,31). The van der Waals surface area contributed by atoms with E-state index < -0.39 is 17.6 Å². The molecule has 1 saturated heterocycles. The molecular weight excluding hydrogens is 441 g/mol. The topological polar surface area (TPSA) is 96.5 Å². The van der Waals surface area contributed by atoms with Gasteiger partial charge in [-0.1, -0.05) is 0 Å². The molecule has 9 nitrogen and oxygen atoms in total. The number of carbonyl (C=O) groups is 2. The molecule has 0 unspecified atom stereocenters. The Balaban J connectivity index is 1.39. The molecule has 0 aliphatic carbocycles. The first-order chi connectivity index (χ1) is 15.7. The SMILES string of the molecule is Cc1ccc(C(=O)N2CCN(CC(=O)Nc3cc(C(F)(F)F)ccc3-n3cncn3)CC2)o1. The molecule has 0 bridgehead atoms. The van der Waals surface area contributed by atoms with Crippen molar-refractivity contribution in [3.8, 4) is 5.69 Å². The van der Waals surface area contributed by atoms with E-state index in [2.05, 4.69) is 15.4 Å². The molecule has 0 saturated carbocycles. The maximum absolute atomic E-state index is 13.2. The van der Waals surface area contributed by atoms with Crippen LogP contribution in [0, 0.1) is 6.92 Å². The molecule has 4 rings (SSSR count). The molecule has 3 aromatic rings. The Labute approximate surface area is 186 Å². The van der Waals surface area contributed by atoms with Gasteiger partial charge in [0.05, 0.1) is 23.5 Å². The van der Waals surface area contributed by atoms with Crippen molar-refractivity contribution in [1.29, 1.82) is 0 Å². The van der Waals surface area contributed by atoms with Crippen LogP contribution < -0.4 is 5.32 Å². The minimum atomic E-state index is -4.56. The lowest BCUT2D eigenvalue weighted by Gasteiger charge is -2.33. The summed E-state index contributed by atoms with van der Waals surface area (Å²) < 4.78 is 46.2. The number of carbonyl (C=O) groups excluding carboxylic acids is 2. The molecule has 0 radical (unpaired) electrons. The van der Waals surface area contributed by atoms with E-state index >= 15 is 0 Å². The largest absolute Gasteiger partial charge is 0.456 e. The fraction of sp³-hybridized carbons (Fsp3) is 0.333. The normalized spacial score (nSPS) is 15.0. The molecule has 12 heteroatoms. The van der Waals surface area contributed by atoms with Gasteiger partial charge in [-0.15, -0.1) is 0 Å². The Morgan fingerprint density at radius 2 is 1.88 bits per heavy atom. The van der Waals surface area contributed by atoms with Crippen LogP contribution in [0.3, 0.4) is 0 Å². The Morgan fingerprint density at radius 1 is 1.12 bits per heavy atom. The fourth-order valence-corrected chi connectivity index (χ4v) is 3.55. The van der Waals surface area contributed by atoms with Crippen molar-refractivity contribution in [2.75, 3.05) is 38.0 Å². The van der Waals surface area contributed by atoms with Gasteiger partial charge in [0, 0.05) is 26.2 Å². The third-order valence-corrected chi connectivity index (χ3v) is 5.24. The van der Waals surface area contributed by atoms with Crippen LogP contribution in [0.15, 0.2) is 47.4 Å². The number of hydrogen-bond acceptors (Lipinski definition) is 6. The van der Waals surface area contributed by atoms with Crippen molar-refractivity contribution >= 4 is 17.5 Å². The molecule has 0 atom stereocenters. The van der Waals surface area contributed by atoms with Crippen molar-refractivity contribution in [3.05, 3.63) is 60.1 Å². The highest BCUT2D eigenvalue weighted by Crippen LogP contribution is 2.33. The number of amides is 2. The zero-order valence-electron chi connectivity index (χ0n) is 17.7. The molecule has 1 aliphatic heterocycles. The highest BCUT2D eigenvalue weighted by molar-refractivity contribution is 5.94. The number of rotatable bonds is 5. The van der Waals surface area contributed by atoms with Crippen molar-refractivity contribution < 1.29 is 27.2 Å². The highest BCUT2D eigenvalue weighted by atomic mass is 19.4. The van der Waals surface area contributed by atoms with E-state index in [4.69, 9.17) is 4.42 Å². The molecule has 1 fully saturated rings. The number of furan rings is 1. The quantitative estimate of drug-likeness (QED) is 0.626. The summed E-state index contributed by atoms with van der Waals surface area (Å²) in [6, 6.07) is 6.36. The van der Waals surface area contributed by atoms with Crippen LogP contribution in [-0.4, -0.2) is 69.1 Å². The van der Waals surface area contributed by atoms with E-state index in [9.17, 15) is 22.8 Å². The Bertz CT molecular complexity index is 1130. The van der Waals surface area contributed by atoms with Gasteiger partial charge in [0.2, 0.25) is 5.91 Å². The summed E-state index contributed by atoms with van der Waals surface area (Å²) in [5.41, 5.74) is -0.651. The zero-order chi connectivity index (χ0) is 23.6. The van der Waals surface area contributed by atoms with Gasteiger partial charge in [-0.25, -0.2) is 9.67 Å². The third-order valence-electron chi connectivity index (χ3n) is 5.24. The molecular formula is C21H21F3N6O3. The summed E-state index contributed by atoms with van der Waals surface area (Å²) in [7, 11) is 0. The van der Waals surface area contributed by atoms with Gasteiger partial charge in [0.1, 0.15) is 18.4 Å². The number of benzene rings is 1. The van der Waals surface area contributed by atoms with Crippen LogP contribution >= 0.6 is 0 Å². The number of nitrogens with zero attached hydrogens (tertiary/aromatic N) is 5. The van der Waals surface area contributed by atoms with Crippen molar-refractivity contribution in [3.63, 3.8) is 0 Å². The van der Waals surface area contributed by atoms with Crippen LogP contribution in [0.5, 0.6) is 0 Å². The molecule has 0 spiro atoms. The summed E-state index contributed by atoms with van der Waals surface area (Å²) in [6.07, 6.45) is -1.99. The third kappa shape index (κ3) is 5.22. The van der Waals surface area contributed by atoms with Gasteiger partial charge in [-0.05, 0) is 37.3 Å². The fourth-order valence-electron chi connectivity index (χ4n) is 3.55. The van der Waals surface area contributed by atoms with Crippen LogP contribution in [-0.2, 0) is 11.0 Å². The van der Waals surface area contributed by atoms with Crippen LogP contribution in [0.1, 0.15) is 21.9 Å². The van der Waals surface area contributed by atoms with Gasteiger partial charge in [-0.3, -0.25) is 14.5 Å². The van der Waals surface area contributed by atoms with E-state index in [1.165, 1.54) is 23.4 Å². The minimum absolute atomic E-state index is 0.0256. The van der Waals surface area contributed by atoms with Gasteiger partial charge in [0.15, 0.2) is 5.76 Å².